The Balaban J connectivity index is 4.02. The van der Waals surface area contributed by atoms with Crippen LogP contribution in [0.25, 0.3) is 0 Å². The minimum Gasteiger partial charge on any atom is -0.355 e. The van der Waals surface area contributed by atoms with Gasteiger partial charge in [0, 0.05) is 13.0 Å². The van der Waals surface area contributed by atoms with E-state index < -0.39 is 11.7 Å². The zero-order valence-corrected chi connectivity index (χ0v) is 10.2. The summed E-state index contributed by atoms with van der Waals surface area (Å²) in [7, 11) is 10.4. The molecule has 16 heavy (non-hydrogen) atoms. The Kier molecular flexibility index (Phi) is 7.84. The Labute approximate surface area is 98.4 Å². The number of rotatable bonds is 8. The average Bonchev–Trinajstić information content (AvgIpc) is 2.20. The highest BCUT2D eigenvalue weighted by Crippen LogP contribution is 1.99. The first kappa shape index (κ1) is 15.1. The average molecular weight is 225 g/mol. The Morgan fingerprint density at radius 1 is 1.31 bits per heavy atom. The molecule has 0 aromatic carbocycles. The highest BCUT2D eigenvalue weighted by atomic mass is 16.2. The van der Waals surface area contributed by atoms with Gasteiger partial charge < -0.3 is 15.4 Å². The summed E-state index contributed by atoms with van der Waals surface area (Å²) in [5.74, 6) is -0.153. The van der Waals surface area contributed by atoms with E-state index in [0.29, 0.717) is 6.54 Å². The van der Waals surface area contributed by atoms with E-state index >= 15 is 0 Å². The number of carbonyl (C=O) groups is 2. The fourth-order valence-electron chi connectivity index (χ4n) is 1.29. The van der Waals surface area contributed by atoms with Crippen molar-refractivity contribution in [2.45, 2.75) is 18.9 Å². The van der Waals surface area contributed by atoms with E-state index in [4.69, 9.17) is 7.85 Å². The van der Waals surface area contributed by atoms with Crippen LogP contribution in [0, 0.1) is 0 Å². The van der Waals surface area contributed by atoms with Crippen LogP contribution in [0.5, 0.6) is 0 Å². The predicted molar refractivity (Wildman–Crippen MR) is 64.4 cm³/mol. The first-order valence-electron chi connectivity index (χ1n) is 5.36. The van der Waals surface area contributed by atoms with Gasteiger partial charge in [0.2, 0.25) is 5.91 Å². The molecule has 0 heterocycles. The maximum absolute atomic E-state index is 11.7. The van der Waals surface area contributed by atoms with Gasteiger partial charge in [-0.3, -0.25) is 9.69 Å². The van der Waals surface area contributed by atoms with Crippen LogP contribution in [0.4, 0.5) is 0 Å². The molecule has 2 radical (unpaired) electrons. The van der Waals surface area contributed by atoms with Crippen LogP contribution < -0.4 is 10.6 Å². The second-order valence-corrected chi connectivity index (χ2v) is 3.90. The summed E-state index contributed by atoms with van der Waals surface area (Å²) in [6.07, 6.45) is 0.907. The molecule has 2 N–H and O–H groups in total. The number of hydrogen-bond donors (Lipinski definition) is 2. The molecular weight excluding hydrogens is 205 g/mol. The molecule has 1 unspecified atom stereocenters. The van der Waals surface area contributed by atoms with Crippen LogP contribution in [0.2, 0.25) is 0 Å². The quantitative estimate of drug-likeness (QED) is 0.399. The van der Waals surface area contributed by atoms with E-state index in [2.05, 4.69) is 10.6 Å². The van der Waals surface area contributed by atoms with Crippen molar-refractivity contribution in [1.82, 2.24) is 15.5 Å². The summed E-state index contributed by atoms with van der Waals surface area (Å²) < 4.78 is 0. The van der Waals surface area contributed by atoms with Crippen molar-refractivity contribution in [3.05, 3.63) is 0 Å². The van der Waals surface area contributed by atoms with Gasteiger partial charge in [-0.05, 0) is 34.1 Å². The van der Waals surface area contributed by atoms with Crippen LogP contribution in [0.1, 0.15) is 12.8 Å². The Morgan fingerprint density at radius 3 is 2.38 bits per heavy atom. The summed E-state index contributed by atoms with van der Waals surface area (Å²) >= 11 is 0. The fraction of sp³-hybridized carbons (Fsp3) is 0.800. The fourth-order valence-corrected chi connectivity index (χ4v) is 1.29. The molecule has 0 aliphatic carbocycles. The van der Waals surface area contributed by atoms with Crippen LogP contribution in [0.3, 0.4) is 0 Å². The lowest BCUT2D eigenvalue weighted by Crippen LogP contribution is -2.45. The van der Waals surface area contributed by atoms with Gasteiger partial charge in [-0.15, -0.1) is 0 Å². The van der Waals surface area contributed by atoms with Gasteiger partial charge in [-0.25, -0.2) is 0 Å². The van der Waals surface area contributed by atoms with Gasteiger partial charge in [0.15, 0.2) is 7.85 Å². The second kappa shape index (κ2) is 8.30. The number of hydrogen-bond acceptors (Lipinski definition) is 4. The van der Waals surface area contributed by atoms with Crippen LogP contribution in [0.15, 0.2) is 0 Å². The normalized spacial score (nSPS) is 12.5. The summed E-state index contributed by atoms with van der Waals surface area (Å²) in [6.45, 7) is 1.45. The third-order valence-corrected chi connectivity index (χ3v) is 2.22. The topological polar surface area (TPSA) is 61.4 Å². The van der Waals surface area contributed by atoms with Gasteiger partial charge in [0.05, 0.1) is 11.7 Å². The zero-order chi connectivity index (χ0) is 12.6. The van der Waals surface area contributed by atoms with Gasteiger partial charge >= 0.3 is 0 Å². The molecule has 0 rings (SSSR count). The molecule has 90 valence electrons. The third-order valence-electron chi connectivity index (χ3n) is 2.22. The monoisotopic (exact) mass is 225 g/mol. The molecular formula is C10H20BN3O2. The van der Waals surface area contributed by atoms with Crippen LogP contribution in [-0.2, 0) is 9.59 Å². The summed E-state index contributed by atoms with van der Waals surface area (Å²) in [5, 5.41) is 5.77. The number of amides is 1. The van der Waals surface area contributed by atoms with Crippen molar-refractivity contribution < 1.29 is 9.59 Å². The van der Waals surface area contributed by atoms with Crippen molar-refractivity contribution in [3.8, 4) is 0 Å². The highest BCUT2D eigenvalue weighted by Gasteiger charge is 2.21. The zero-order valence-electron chi connectivity index (χ0n) is 10.2. The van der Waals surface area contributed by atoms with Crippen LogP contribution >= 0.6 is 0 Å². The maximum Gasteiger partial charge on any atom is 0.237 e. The third kappa shape index (κ3) is 6.58. The molecule has 0 bridgehead atoms. The SMILES string of the molecule is [B]C(=O)CC(C(=O)NCCCNC)N(C)C. The lowest BCUT2D eigenvalue weighted by atomic mass is 9.94. The van der Waals surface area contributed by atoms with Gasteiger partial charge in [0.1, 0.15) is 0 Å². The largest absolute Gasteiger partial charge is 0.355 e. The van der Waals surface area contributed by atoms with Gasteiger partial charge in [-0.2, -0.15) is 0 Å². The molecule has 0 aromatic rings. The van der Waals surface area contributed by atoms with Crippen molar-refractivity contribution in [2.75, 3.05) is 34.2 Å². The van der Waals surface area contributed by atoms with Crippen molar-refractivity contribution in [1.29, 1.82) is 0 Å². The smallest absolute Gasteiger partial charge is 0.237 e. The van der Waals surface area contributed by atoms with E-state index in [1.165, 1.54) is 0 Å². The Hall–Kier alpha value is -0.875. The molecule has 0 saturated carbocycles. The first-order valence-corrected chi connectivity index (χ1v) is 5.36. The standard InChI is InChI=1S/C10H20BN3O2/c1-12-5-4-6-13-10(16)8(14(2)3)7-9(11)15/h8,12H,4-7H2,1-3H3,(H,13,16). The van der Waals surface area contributed by atoms with Crippen molar-refractivity contribution >= 4 is 19.4 Å². The molecule has 0 fully saturated rings. The van der Waals surface area contributed by atoms with E-state index in [1.54, 1.807) is 19.0 Å². The highest BCUT2D eigenvalue weighted by molar-refractivity contribution is 6.57. The summed E-state index contributed by atoms with van der Waals surface area (Å²) in [5.41, 5.74) is -0.468. The van der Waals surface area contributed by atoms with Gasteiger partial charge in [0.25, 0.3) is 0 Å². The van der Waals surface area contributed by atoms with E-state index in [-0.39, 0.29) is 12.3 Å². The van der Waals surface area contributed by atoms with Crippen molar-refractivity contribution in [2.24, 2.45) is 0 Å². The molecule has 0 aliphatic rings. The minimum atomic E-state index is -0.480. The number of nitrogens with one attached hydrogen (secondary N) is 2. The summed E-state index contributed by atoms with van der Waals surface area (Å²) in [6, 6.07) is -0.480. The molecule has 1 atom stereocenters. The lowest BCUT2D eigenvalue weighted by molar-refractivity contribution is -0.128. The Morgan fingerprint density at radius 2 is 1.94 bits per heavy atom. The molecule has 0 saturated heterocycles. The maximum atomic E-state index is 11.7. The van der Waals surface area contributed by atoms with Gasteiger partial charge in [-0.1, -0.05) is 0 Å². The lowest BCUT2D eigenvalue weighted by Gasteiger charge is -2.22. The van der Waals surface area contributed by atoms with Crippen LogP contribution in [-0.4, -0.2) is 64.6 Å². The molecule has 0 aromatic heterocycles. The second-order valence-electron chi connectivity index (χ2n) is 3.90. The van der Waals surface area contributed by atoms with E-state index in [0.717, 1.165) is 13.0 Å². The first-order chi connectivity index (χ1) is 7.49. The van der Waals surface area contributed by atoms with E-state index in [9.17, 15) is 9.59 Å². The molecule has 6 heteroatoms. The molecule has 0 aliphatic heterocycles. The number of nitrogens with zero attached hydrogens (tertiary/aromatic N) is 1. The number of carbonyl (C=O) groups excluding carboxylic acids is 2. The number of likely N-dealkylation sites (N-methyl/N-ethyl adjacent to an activating group) is 1. The Bertz CT molecular complexity index is 234. The predicted octanol–water partition coefficient (Wildman–Crippen LogP) is -1.27. The molecule has 0 spiro atoms. The minimum absolute atomic E-state index is 0.0465. The summed E-state index contributed by atoms with van der Waals surface area (Å²) in [4.78, 5) is 24.2. The molecule has 1 amide bonds. The van der Waals surface area contributed by atoms with E-state index in [1.807, 2.05) is 7.05 Å². The van der Waals surface area contributed by atoms with Crippen molar-refractivity contribution in [3.63, 3.8) is 0 Å². The molecule has 5 nitrogen and oxygen atoms in total.